The topological polar surface area (TPSA) is 52.9 Å². The molecule has 1 aromatic rings. The van der Waals surface area contributed by atoms with Crippen LogP contribution in [0.15, 0.2) is 24.3 Å². The molecule has 0 saturated heterocycles. The molecule has 0 radical (unpaired) electrons. The Morgan fingerprint density at radius 2 is 2.31 bits per heavy atom. The van der Waals surface area contributed by atoms with Gasteiger partial charge in [-0.05, 0) is 24.6 Å². The molecule has 1 N–H and O–H groups in total. The normalized spacial score (nSPS) is 13.6. The summed E-state index contributed by atoms with van der Waals surface area (Å²) in [5, 5.41) is 11.6. The smallest absolute Gasteiger partial charge is 0.218 e. The summed E-state index contributed by atoms with van der Waals surface area (Å²) in [5.74, 6) is -0.624. The molecule has 0 aromatic heterocycles. The van der Waals surface area contributed by atoms with Gasteiger partial charge in [-0.25, -0.2) is 4.39 Å². The number of nitrogens with one attached hydrogen (secondary N) is 1. The van der Waals surface area contributed by atoms with Gasteiger partial charge in [-0.2, -0.15) is 5.26 Å². The maximum Gasteiger partial charge on any atom is 0.218 e. The Labute approximate surface area is 93.9 Å². The molecule has 0 aliphatic rings. The van der Waals surface area contributed by atoms with Gasteiger partial charge in [-0.3, -0.25) is 4.79 Å². The molecule has 0 bridgehead atoms. The lowest BCUT2D eigenvalue weighted by atomic mass is 9.94. The minimum atomic E-state index is -1.00. The largest absolute Gasteiger partial charge is 0.338 e. The summed E-state index contributed by atoms with van der Waals surface area (Å²) < 4.78 is 12.9. The zero-order chi connectivity index (χ0) is 12.2. The maximum atomic E-state index is 12.9. The minimum Gasteiger partial charge on any atom is -0.338 e. The van der Waals surface area contributed by atoms with E-state index in [2.05, 4.69) is 5.32 Å². The Kier molecular flexibility index (Phi) is 3.62. The van der Waals surface area contributed by atoms with Crippen molar-refractivity contribution in [3.05, 3.63) is 35.6 Å². The summed E-state index contributed by atoms with van der Waals surface area (Å²) in [5.41, 5.74) is -0.322. The molecular weight excluding hydrogens is 207 g/mol. The molecular formula is C12H13FN2O. The van der Waals surface area contributed by atoms with Crippen LogP contribution in [0.2, 0.25) is 0 Å². The first-order valence-corrected chi connectivity index (χ1v) is 4.90. The average molecular weight is 220 g/mol. The second-order valence-electron chi connectivity index (χ2n) is 3.93. The van der Waals surface area contributed by atoms with E-state index in [1.54, 1.807) is 19.1 Å². The number of nitrogens with zero attached hydrogens (tertiary/aromatic N) is 1. The van der Waals surface area contributed by atoms with E-state index in [1.165, 1.54) is 19.1 Å². The van der Waals surface area contributed by atoms with Crippen molar-refractivity contribution in [2.24, 2.45) is 0 Å². The molecule has 0 aliphatic heterocycles. The summed E-state index contributed by atoms with van der Waals surface area (Å²) in [6, 6.07) is 8.02. The molecule has 1 atom stereocenters. The van der Waals surface area contributed by atoms with Crippen molar-refractivity contribution in [1.82, 2.24) is 5.32 Å². The number of rotatable bonds is 3. The summed E-state index contributed by atoms with van der Waals surface area (Å²) in [6.45, 7) is 2.96. The van der Waals surface area contributed by atoms with Crippen LogP contribution in [0, 0.1) is 17.1 Å². The minimum absolute atomic E-state index is 0.277. The summed E-state index contributed by atoms with van der Waals surface area (Å²) in [4.78, 5) is 10.9. The molecule has 0 unspecified atom stereocenters. The molecule has 1 aromatic carbocycles. The first-order valence-electron chi connectivity index (χ1n) is 4.90. The molecule has 0 spiro atoms. The number of benzene rings is 1. The predicted molar refractivity (Wildman–Crippen MR) is 57.9 cm³/mol. The Balaban J connectivity index is 2.85. The maximum absolute atomic E-state index is 12.9. The number of carbonyl (C=O) groups excluding carboxylic acids is 1. The van der Waals surface area contributed by atoms with Gasteiger partial charge in [0.2, 0.25) is 5.91 Å². The van der Waals surface area contributed by atoms with E-state index < -0.39 is 5.54 Å². The van der Waals surface area contributed by atoms with Gasteiger partial charge in [-0.15, -0.1) is 0 Å². The van der Waals surface area contributed by atoms with Crippen molar-refractivity contribution in [3.63, 3.8) is 0 Å². The lowest BCUT2D eigenvalue weighted by Crippen LogP contribution is -2.45. The van der Waals surface area contributed by atoms with Gasteiger partial charge in [0.05, 0.1) is 6.07 Å². The van der Waals surface area contributed by atoms with Crippen molar-refractivity contribution in [1.29, 1.82) is 5.26 Å². The molecule has 84 valence electrons. The standard InChI is InChI=1S/C12H13FN2O/c1-9(16)15-12(2,8-14)7-10-4-3-5-11(13)6-10/h3-6H,7H2,1-2H3,(H,15,16)/t12-/m0/s1. The highest BCUT2D eigenvalue weighted by Gasteiger charge is 2.25. The Morgan fingerprint density at radius 3 is 2.81 bits per heavy atom. The summed E-state index contributed by atoms with van der Waals surface area (Å²) >= 11 is 0. The van der Waals surface area contributed by atoms with E-state index in [0.717, 1.165) is 0 Å². The fraction of sp³-hybridized carbons (Fsp3) is 0.333. The van der Waals surface area contributed by atoms with Gasteiger partial charge in [0.25, 0.3) is 0 Å². The van der Waals surface area contributed by atoms with Crippen molar-refractivity contribution < 1.29 is 9.18 Å². The fourth-order valence-corrected chi connectivity index (χ4v) is 1.56. The van der Waals surface area contributed by atoms with Crippen LogP contribution in [-0.2, 0) is 11.2 Å². The average Bonchev–Trinajstić information content (AvgIpc) is 2.16. The molecule has 0 saturated carbocycles. The van der Waals surface area contributed by atoms with E-state index in [0.29, 0.717) is 5.56 Å². The molecule has 0 aliphatic carbocycles. The Morgan fingerprint density at radius 1 is 1.62 bits per heavy atom. The number of hydrogen-bond acceptors (Lipinski definition) is 2. The van der Waals surface area contributed by atoms with Crippen LogP contribution in [-0.4, -0.2) is 11.4 Å². The van der Waals surface area contributed by atoms with Crippen molar-refractivity contribution in [2.45, 2.75) is 25.8 Å². The molecule has 1 rings (SSSR count). The molecule has 0 heterocycles. The van der Waals surface area contributed by atoms with Gasteiger partial charge in [0.15, 0.2) is 0 Å². The third-order valence-corrected chi connectivity index (χ3v) is 2.15. The van der Waals surface area contributed by atoms with Gasteiger partial charge < -0.3 is 5.32 Å². The van der Waals surface area contributed by atoms with Gasteiger partial charge in [-0.1, -0.05) is 12.1 Å². The number of halogens is 1. The van der Waals surface area contributed by atoms with E-state index in [1.807, 2.05) is 6.07 Å². The van der Waals surface area contributed by atoms with E-state index in [9.17, 15) is 9.18 Å². The Bertz CT molecular complexity index is 439. The van der Waals surface area contributed by atoms with Crippen LogP contribution >= 0.6 is 0 Å². The van der Waals surface area contributed by atoms with Crippen LogP contribution in [0.3, 0.4) is 0 Å². The molecule has 1 amide bonds. The van der Waals surface area contributed by atoms with Crippen molar-refractivity contribution in [3.8, 4) is 6.07 Å². The number of nitriles is 1. The second kappa shape index (κ2) is 4.75. The molecule has 16 heavy (non-hydrogen) atoms. The van der Waals surface area contributed by atoms with E-state index in [4.69, 9.17) is 5.26 Å². The summed E-state index contributed by atoms with van der Waals surface area (Å²) in [6.07, 6.45) is 0.279. The van der Waals surface area contributed by atoms with Gasteiger partial charge >= 0.3 is 0 Å². The quantitative estimate of drug-likeness (QED) is 0.844. The monoisotopic (exact) mass is 220 g/mol. The summed E-state index contributed by atoms with van der Waals surface area (Å²) in [7, 11) is 0. The third kappa shape index (κ3) is 3.35. The second-order valence-corrected chi connectivity index (χ2v) is 3.93. The highest BCUT2D eigenvalue weighted by atomic mass is 19.1. The lowest BCUT2D eigenvalue weighted by Gasteiger charge is -2.22. The highest BCUT2D eigenvalue weighted by molar-refractivity contribution is 5.74. The molecule has 0 fully saturated rings. The van der Waals surface area contributed by atoms with Crippen LogP contribution in [0.5, 0.6) is 0 Å². The number of amides is 1. The zero-order valence-electron chi connectivity index (χ0n) is 9.25. The third-order valence-electron chi connectivity index (χ3n) is 2.15. The SMILES string of the molecule is CC(=O)N[C@](C)(C#N)Cc1cccc(F)c1. The first-order chi connectivity index (χ1) is 7.45. The lowest BCUT2D eigenvalue weighted by molar-refractivity contribution is -0.120. The van der Waals surface area contributed by atoms with Crippen LogP contribution in [0.4, 0.5) is 4.39 Å². The number of hydrogen-bond donors (Lipinski definition) is 1. The highest BCUT2D eigenvalue weighted by Crippen LogP contribution is 2.13. The first kappa shape index (κ1) is 12.2. The van der Waals surface area contributed by atoms with Crippen molar-refractivity contribution >= 4 is 5.91 Å². The van der Waals surface area contributed by atoms with Crippen molar-refractivity contribution in [2.75, 3.05) is 0 Å². The van der Waals surface area contributed by atoms with Crippen LogP contribution < -0.4 is 5.32 Å². The molecule has 4 heteroatoms. The Hall–Kier alpha value is -1.89. The van der Waals surface area contributed by atoms with E-state index in [-0.39, 0.29) is 18.1 Å². The predicted octanol–water partition coefficient (Wildman–Crippen LogP) is 1.79. The van der Waals surface area contributed by atoms with Gasteiger partial charge in [0.1, 0.15) is 11.4 Å². The zero-order valence-corrected chi connectivity index (χ0v) is 9.25. The van der Waals surface area contributed by atoms with E-state index >= 15 is 0 Å². The molecule has 3 nitrogen and oxygen atoms in total. The van der Waals surface area contributed by atoms with Crippen LogP contribution in [0.1, 0.15) is 19.4 Å². The van der Waals surface area contributed by atoms with Crippen LogP contribution in [0.25, 0.3) is 0 Å². The number of carbonyl (C=O) groups is 1. The fourth-order valence-electron chi connectivity index (χ4n) is 1.56. The van der Waals surface area contributed by atoms with Gasteiger partial charge in [0, 0.05) is 13.3 Å².